The topological polar surface area (TPSA) is 32.9 Å². The van der Waals surface area contributed by atoms with Crippen molar-refractivity contribution in [3.63, 3.8) is 0 Å². The third-order valence-corrected chi connectivity index (χ3v) is 2.76. The summed E-state index contributed by atoms with van der Waals surface area (Å²) >= 11 is 6.15. The number of carbonyl (C=O) groups excluding carboxylic acids is 1. The number of hydrogen-bond acceptors (Lipinski definition) is 1. The van der Waals surface area contributed by atoms with Crippen molar-refractivity contribution in [3.8, 4) is 0 Å². The SMILES string of the molecule is CCc1[nH]c2cccc(C=O)c2c1Cl. The second-order valence-electron chi connectivity index (χ2n) is 3.16. The molecule has 1 N–H and O–H groups in total. The second kappa shape index (κ2) is 3.46. The minimum absolute atomic E-state index is 0.642. The van der Waals surface area contributed by atoms with Crippen LogP contribution in [-0.4, -0.2) is 11.3 Å². The molecule has 0 saturated carbocycles. The number of carbonyl (C=O) groups is 1. The molecule has 0 bridgehead atoms. The molecule has 2 rings (SSSR count). The maximum atomic E-state index is 10.8. The van der Waals surface area contributed by atoms with Gasteiger partial charge in [0.1, 0.15) is 0 Å². The van der Waals surface area contributed by atoms with Crippen LogP contribution in [0.3, 0.4) is 0 Å². The second-order valence-corrected chi connectivity index (χ2v) is 3.54. The average Bonchev–Trinajstić information content (AvgIpc) is 2.55. The Morgan fingerprint density at radius 3 is 2.93 bits per heavy atom. The Morgan fingerprint density at radius 2 is 2.29 bits per heavy atom. The normalized spacial score (nSPS) is 10.7. The van der Waals surface area contributed by atoms with Gasteiger partial charge in [-0.05, 0) is 12.5 Å². The van der Waals surface area contributed by atoms with E-state index in [1.54, 1.807) is 6.07 Å². The van der Waals surface area contributed by atoms with Crippen LogP contribution in [0, 0.1) is 0 Å². The molecule has 0 aliphatic heterocycles. The molecule has 0 aliphatic carbocycles. The molecule has 0 unspecified atom stereocenters. The first-order chi connectivity index (χ1) is 6.77. The highest BCUT2D eigenvalue weighted by atomic mass is 35.5. The van der Waals surface area contributed by atoms with Crippen LogP contribution in [0.2, 0.25) is 5.02 Å². The number of aryl methyl sites for hydroxylation is 1. The van der Waals surface area contributed by atoms with Gasteiger partial charge in [-0.3, -0.25) is 4.79 Å². The zero-order chi connectivity index (χ0) is 10.1. The average molecular weight is 208 g/mol. The molecule has 0 radical (unpaired) electrons. The quantitative estimate of drug-likeness (QED) is 0.754. The molecule has 0 atom stereocenters. The standard InChI is InChI=1S/C11H10ClNO/c1-2-8-11(12)10-7(6-14)4-3-5-9(10)13-8/h3-6,13H,2H2,1H3. The summed E-state index contributed by atoms with van der Waals surface area (Å²) in [5.74, 6) is 0. The van der Waals surface area contributed by atoms with Gasteiger partial charge in [0, 0.05) is 22.2 Å². The summed E-state index contributed by atoms with van der Waals surface area (Å²) < 4.78 is 0. The van der Waals surface area contributed by atoms with Gasteiger partial charge in [-0.15, -0.1) is 0 Å². The molecule has 2 nitrogen and oxygen atoms in total. The number of aromatic nitrogens is 1. The molecule has 3 heteroatoms. The van der Waals surface area contributed by atoms with Crippen molar-refractivity contribution < 1.29 is 4.79 Å². The third-order valence-electron chi connectivity index (χ3n) is 2.35. The Balaban J connectivity index is 2.85. The first kappa shape index (κ1) is 9.28. The number of fused-ring (bicyclic) bond motifs is 1. The summed E-state index contributed by atoms with van der Waals surface area (Å²) in [6.45, 7) is 2.02. The Hall–Kier alpha value is -1.28. The predicted octanol–water partition coefficient (Wildman–Crippen LogP) is 3.20. The smallest absolute Gasteiger partial charge is 0.150 e. The van der Waals surface area contributed by atoms with E-state index in [0.29, 0.717) is 10.6 Å². The molecule has 0 saturated heterocycles. The van der Waals surface area contributed by atoms with Gasteiger partial charge < -0.3 is 4.98 Å². The molecular weight excluding hydrogens is 198 g/mol. The summed E-state index contributed by atoms with van der Waals surface area (Å²) in [7, 11) is 0. The lowest BCUT2D eigenvalue weighted by molar-refractivity contribution is 0.112. The third kappa shape index (κ3) is 1.23. The van der Waals surface area contributed by atoms with E-state index in [0.717, 1.165) is 29.3 Å². The number of rotatable bonds is 2. The first-order valence-corrected chi connectivity index (χ1v) is 4.90. The van der Waals surface area contributed by atoms with E-state index < -0.39 is 0 Å². The maximum absolute atomic E-state index is 10.8. The number of aldehydes is 1. The monoisotopic (exact) mass is 207 g/mol. The fraction of sp³-hybridized carbons (Fsp3) is 0.182. The first-order valence-electron chi connectivity index (χ1n) is 4.52. The van der Waals surface area contributed by atoms with Crippen molar-refractivity contribution in [2.75, 3.05) is 0 Å². The van der Waals surface area contributed by atoms with Crippen LogP contribution >= 0.6 is 11.6 Å². The summed E-state index contributed by atoms with van der Waals surface area (Å²) in [5.41, 5.74) is 2.55. The number of halogens is 1. The predicted molar refractivity (Wildman–Crippen MR) is 58.1 cm³/mol. The van der Waals surface area contributed by atoms with Gasteiger partial charge in [0.2, 0.25) is 0 Å². The van der Waals surface area contributed by atoms with Gasteiger partial charge in [-0.2, -0.15) is 0 Å². The maximum Gasteiger partial charge on any atom is 0.150 e. The van der Waals surface area contributed by atoms with E-state index in [1.165, 1.54) is 0 Å². The Labute approximate surface area is 86.9 Å². The fourth-order valence-electron chi connectivity index (χ4n) is 1.63. The molecule has 0 aliphatic rings. The lowest BCUT2D eigenvalue weighted by Gasteiger charge is -1.94. The van der Waals surface area contributed by atoms with Crippen molar-refractivity contribution in [2.45, 2.75) is 13.3 Å². The van der Waals surface area contributed by atoms with Crippen LogP contribution in [0.15, 0.2) is 18.2 Å². The molecule has 0 amide bonds. The molecule has 72 valence electrons. The molecule has 1 aromatic heterocycles. The minimum Gasteiger partial charge on any atom is -0.357 e. The van der Waals surface area contributed by atoms with E-state index in [-0.39, 0.29) is 0 Å². The molecule has 0 spiro atoms. The lowest BCUT2D eigenvalue weighted by Crippen LogP contribution is -1.80. The van der Waals surface area contributed by atoms with Gasteiger partial charge >= 0.3 is 0 Å². The summed E-state index contributed by atoms with van der Waals surface area (Å²) in [6.07, 6.45) is 1.67. The molecule has 14 heavy (non-hydrogen) atoms. The summed E-state index contributed by atoms with van der Waals surface area (Å²) in [4.78, 5) is 14.0. The largest absolute Gasteiger partial charge is 0.357 e. The van der Waals surface area contributed by atoms with Crippen LogP contribution < -0.4 is 0 Å². The zero-order valence-corrected chi connectivity index (χ0v) is 8.56. The van der Waals surface area contributed by atoms with Crippen molar-refractivity contribution in [2.24, 2.45) is 0 Å². The van der Waals surface area contributed by atoms with Crippen LogP contribution in [-0.2, 0) is 6.42 Å². The van der Waals surface area contributed by atoms with Crippen molar-refractivity contribution in [3.05, 3.63) is 34.5 Å². The Kier molecular flexibility index (Phi) is 2.30. The number of nitrogens with one attached hydrogen (secondary N) is 1. The highest BCUT2D eigenvalue weighted by Crippen LogP contribution is 2.29. The van der Waals surface area contributed by atoms with Gasteiger partial charge in [-0.25, -0.2) is 0 Å². The van der Waals surface area contributed by atoms with E-state index in [2.05, 4.69) is 4.98 Å². The zero-order valence-electron chi connectivity index (χ0n) is 7.80. The van der Waals surface area contributed by atoms with Crippen molar-refractivity contribution in [1.82, 2.24) is 4.98 Å². The molecule has 1 heterocycles. The van der Waals surface area contributed by atoms with E-state index in [4.69, 9.17) is 11.6 Å². The van der Waals surface area contributed by atoms with E-state index >= 15 is 0 Å². The van der Waals surface area contributed by atoms with Gasteiger partial charge in [-0.1, -0.05) is 30.7 Å². The van der Waals surface area contributed by atoms with Gasteiger partial charge in [0.15, 0.2) is 6.29 Å². The van der Waals surface area contributed by atoms with E-state index in [9.17, 15) is 4.79 Å². The molecule has 2 aromatic rings. The summed E-state index contributed by atoms with van der Waals surface area (Å²) in [6, 6.07) is 5.54. The lowest BCUT2D eigenvalue weighted by atomic mass is 10.1. The highest BCUT2D eigenvalue weighted by Gasteiger charge is 2.10. The van der Waals surface area contributed by atoms with E-state index in [1.807, 2.05) is 19.1 Å². The van der Waals surface area contributed by atoms with Crippen molar-refractivity contribution in [1.29, 1.82) is 0 Å². The Bertz CT molecular complexity index is 487. The van der Waals surface area contributed by atoms with Crippen LogP contribution in [0.5, 0.6) is 0 Å². The van der Waals surface area contributed by atoms with Crippen LogP contribution in [0.25, 0.3) is 10.9 Å². The summed E-state index contributed by atoms with van der Waals surface area (Å²) in [5, 5.41) is 1.51. The number of H-pyrrole nitrogens is 1. The minimum atomic E-state index is 0.642. The Morgan fingerprint density at radius 1 is 1.50 bits per heavy atom. The van der Waals surface area contributed by atoms with Crippen LogP contribution in [0.1, 0.15) is 23.0 Å². The molecule has 0 fully saturated rings. The molecule has 1 aromatic carbocycles. The highest BCUT2D eigenvalue weighted by molar-refractivity contribution is 6.37. The van der Waals surface area contributed by atoms with Gasteiger partial charge in [0.25, 0.3) is 0 Å². The number of hydrogen-bond donors (Lipinski definition) is 1. The number of benzene rings is 1. The fourth-order valence-corrected chi connectivity index (χ4v) is 2.02. The van der Waals surface area contributed by atoms with Crippen molar-refractivity contribution >= 4 is 28.8 Å². The number of aromatic amines is 1. The van der Waals surface area contributed by atoms with Gasteiger partial charge in [0.05, 0.1) is 5.02 Å². The van der Waals surface area contributed by atoms with Crippen LogP contribution in [0.4, 0.5) is 0 Å². The molecular formula is C11H10ClNO.